The molecule has 20 heavy (non-hydrogen) atoms. The topological polar surface area (TPSA) is 32.8 Å². The van der Waals surface area contributed by atoms with Crippen molar-refractivity contribution in [3.8, 4) is 5.75 Å². The van der Waals surface area contributed by atoms with E-state index < -0.39 is 5.82 Å². The number of carbonyl (C=O) groups excluding carboxylic acids is 1. The third kappa shape index (κ3) is 2.38. The molecular weight excluding hydrogens is 259 g/mol. The molecule has 2 heterocycles. The molecule has 0 aromatic heterocycles. The Hall–Kier alpha value is -1.62. The van der Waals surface area contributed by atoms with Crippen LogP contribution in [0.4, 0.5) is 4.39 Å². The molecule has 0 unspecified atom stereocenters. The highest BCUT2D eigenvalue weighted by Gasteiger charge is 2.36. The van der Waals surface area contributed by atoms with Gasteiger partial charge in [-0.3, -0.25) is 9.69 Å². The summed E-state index contributed by atoms with van der Waals surface area (Å²) in [6.07, 6.45) is 2.52. The molecule has 1 aromatic carbocycles. The lowest BCUT2D eigenvalue weighted by Gasteiger charge is -2.44. The van der Waals surface area contributed by atoms with E-state index in [-0.39, 0.29) is 11.7 Å². The first-order valence-electron chi connectivity index (χ1n) is 7.06. The van der Waals surface area contributed by atoms with Gasteiger partial charge in [0, 0.05) is 24.7 Å². The highest BCUT2D eigenvalue weighted by Crippen LogP contribution is 2.23. The molecule has 0 atom stereocenters. The number of hydrogen-bond donors (Lipinski definition) is 0. The first-order chi connectivity index (χ1) is 9.69. The number of methoxy groups -OCH3 is 1. The molecule has 1 amide bonds. The van der Waals surface area contributed by atoms with Gasteiger partial charge < -0.3 is 9.64 Å². The van der Waals surface area contributed by atoms with Gasteiger partial charge in [-0.15, -0.1) is 0 Å². The third-order valence-electron chi connectivity index (χ3n) is 4.21. The summed E-state index contributed by atoms with van der Waals surface area (Å²) in [7, 11) is 1.41. The lowest BCUT2D eigenvalue weighted by Crippen LogP contribution is -2.60. The smallest absolute Gasteiger partial charge is 0.254 e. The van der Waals surface area contributed by atoms with Crippen molar-refractivity contribution < 1.29 is 13.9 Å². The van der Waals surface area contributed by atoms with Crippen molar-refractivity contribution in [2.75, 3.05) is 33.3 Å². The minimum absolute atomic E-state index is 0.0954. The molecule has 0 aliphatic carbocycles. The Morgan fingerprint density at radius 2 is 2.00 bits per heavy atom. The number of ether oxygens (including phenoxy) is 1. The normalized spacial score (nSPS) is 20.0. The predicted octanol–water partition coefficient (Wildman–Crippen LogP) is 1.75. The van der Waals surface area contributed by atoms with Gasteiger partial charge in [0.05, 0.1) is 7.11 Å². The van der Waals surface area contributed by atoms with Gasteiger partial charge in [0.25, 0.3) is 5.91 Å². The molecule has 0 radical (unpaired) electrons. The Morgan fingerprint density at radius 1 is 1.30 bits per heavy atom. The van der Waals surface area contributed by atoms with Crippen LogP contribution in [0.5, 0.6) is 5.75 Å². The average molecular weight is 278 g/mol. The molecule has 0 spiro atoms. The fraction of sp³-hybridized carbons (Fsp3) is 0.533. The van der Waals surface area contributed by atoms with Crippen LogP contribution in [0, 0.1) is 5.82 Å². The van der Waals surface area contributed by atoms with Gasteiger partial charge in [-0.1, -0.05) is 0 Å². The number of likely N-dealkylation sites (tertiary alicyclic amines) is 2. The molecule has 4 nitrogen and oxygen atoms in total. The van der Waals surface area contributed by atoms with Crippen molar-refractivity contribution in [3.05, 3.63) is 29.6 Å². The quantitative estimate of drug-likeness (QED) is 0.844. The maximum atomic E-state index is 13.6. The number of hydrogen-bond acceptors (Lipinski definition) is 3. The number of nitrogens with zero attached hydrogens (tertiary/aromatic N) is 2. The summed E-state index contributed by atoms with van der Waals surface area (Å²) in [6.45, 7) is 3.80. The van der Waals surface area contributed by atoms with Gasteiger partial charge in [0.2, 0.25) is 0 Å². The van der Waals surface area contributed by atoms with Gasteiger partial charge in [-0.05, 0) is 44.1 Å². The van der Waals surface area contributed by atoms with Crippen LogP contribution < -0.4 is 4.74 Å². The second-order valence-corrected chi connectivity index (χ2v) is 5.46. The average Bonchev–Trinajstić information content (AvgIpc) is 2.90. The van der Waals surface area contributed by atoms with Crippen LogP contribution in [0.25, 0.3) is 0 Å². The number of benzene rings is 1. The van der Waals surface area contributed by atoms with E-state index in [2.05, 4.69) is 4.90 Å². The molecule has 2 aliphatic rings. The lowest BCUT2D eigenvalue weighted by atomic mass is 10.0. The Morgan fingerprint density at radius 3 is 2.60 bits per heavy atom. The van der Waals surface area contributed by atoms with E-state index in [4.69, 9.17) is 4.74 Å². The molecule has 108 valence electrons. The molecule has 2 aliphatic heterocycles. The van der Waals surface area contributed by atoms with E-state index in [1.165, 1.54) is 32.1 Å². The van der Waals surface area contributed by atoms with E-state index >= 15 is 0 Å². The lowest BCUT2D eigenvalue weighted by molar-refractivity contribution is 0.0334. The monoisotopic (exact) mass is 278 g/mol. The van der Waals surface area contributed by atoms with Crippen LogP contribution in [-0.2, 0) is 0 Å². The largest absolute Gasteiger partial charge is 0.494 e. The fourth-order valence-corrected chi connectivity index (χ4v) is 2.94. The van der Waals surface area contributed by atoms with Crippen LogP contribution in [-0.4, -0.2) is 55.0 Å². The van der Waals surface area contributed by atoms with Crippen molar-refractivity contribution in [1.29, 1.82) is 0 Å². The molecule has 3 rings (SSSR count). The zero-order valence-electron chi connectivity index (χ0n) is 11.6. The Kier molecular flexibility index (Phi) is 3.61. The van der Waals surface area contributed by atoms with Crippen LogP contribution in [0.3, 0.4) is 0 Å². The highest BCUT2D eigenvalue weighted by molar-refractivity contribution is 5.95. The second kappa shape index (κ2) is 5.40. The fourth-order valence-electron chi connectivity index (χ4n) is 2.94. The molecule has 2 saturated heterocycles. The molecule has 0 saturated carbocycles. The first-order valence-corrected chi connectivity index (χ1v) is 7.06. The molecule has 0 N–H and O–H groups in total. The first kappa shape index (κ1) is 13.4. The summed E-state index contributed by atoms with van der Waals surface area (Å²) in [4.78, 5) is 16.5. The summed E-state index contributed by atoms with van der Waals surface area (Å²) in [6, 6.07) is 4.86. The summed E-state index contributed by atoms with van der Waals surface area (Å²) in [5.74, 6) is -0.419. The third-order valence-corrected chi connectivity index (χ3v) is 4.21. The van der Waals surface area contributed by atoms with E-state index in [9.17, 15) is 9.18 Å². The van der Waals surface area contributed by atoms with E-state index in [1.807, 2.05) is 0 Å². The summed E-state index contributed by atoms with van der Waals surface area (Å²) in [5.41, 5.74) is 0.392. The van der Waals surface area contributed by atoms with Crippen molar-refractivity contribution in [2.24, 2.45) is 0 Å². The molecule has 5 heteroatoms. The number of halogens is 1. The van der Waals surface area contributed by atoms with Crippen molar-refractivity contribution in [3.63, 3.8) is 0 Å². The molecular formula is C15H19FN2O2. The van der Waals surface area contributed by atoms with E-state index in [0.717, 1.165) is 26.2 Å². The molecule has 2 fully saturated rings. The van der Waals surface area contributed by atoms with Gasteiger partial charge in [0.1, 0.15) is 0 Å². The number of amides is 1. The van der Waals surface area contributed by atoms with Crippen LogP contribution in [0.2, 0.25) is 0 Å². The summed E-state index contributed by atoms with van der Waals surface area (Å²) < 4.78 is 18.5. The molecule has 0 bridgehead atoms. The van der Waals surface area contributed by atoms with Crippen LogP contribution in [0.15, 0.2) is 18.2 Å². The van der Waals surface area contributed by atoms with Crippen molar-refractivity contribution >= 4 is 5.91 Å². The molecule has 1 aromatic rings. The SMILES string of the molecule is COc1ccc(C(=O)N2CC(N3CCCC3)C2)cc1F. The minimum atomic E-state index is -0.491. The van der Waals surface area contributed by atoms with Crippen LogP contribution in [0.1, 0.15) is 23.2 Å². The summed E-state index contributed by atoms with van der Waals surface area (Å²) in [5, 5.41) is 0. The maximum absolute atomic E-state index is 13.6. The standard InChI is InChI=1S/C15H19FN2O2/c1-20-14-5-4-11(8-13(14)16)15(19)18-9-12(10-18)17-6-2-3-7-17/h4-5,8,12H,2-3,6-7,9-10H2,1H3. The zero-order valence-corrected chi connectivity index (χ0v) is 11.6. The van der Waals surface area contributed by atoms with Crippen molar-refractivity contribution in [1.82, 2.24) is 9.80 Å². The zero-order chi connectivity index (χ0) is 14.1. The van der Waals surface area contributed by atoms with Crippen molar-refractivity contribution in [2.45, 2.75) is 18.9 Å². The number of carbonyl (C=O) groups is 1. The van der Waals surface area contributed by atoms with Gasteiger partial charge in [-0.2, -0.15) is 0 Å². The number of rotatable bonds is 3. The predicted molar refractivity (Wildman–Crippen MR) is 73.5 cm³/mol. The highest BCUT2D eigenvalue weighted by atomic mass is 19.1. The Labute approximate surface area is 118 Å². The van der Waals surface area contributed by atoms with E-state index in [1.54, 1.807) is 11.0 Å². The van der Waals surface area contributed by atoms with Gasteiger partial charge in [0.15, 0.2) is 11.6 Å². The Bertz CT molecular complexity index is 509. The minimum Gasteiger partial charge on any atom is -0.494 e. The Balaban J connectivity index is 1.61. The maximum Gasteiger partial charge on any atom is 0.254 e. The van der Waals surface area contributed by atoms with Gasteiger partial charge in [-0.25, -0.2) is 4.39 Å². The van der Waals surface area contributed by atoms with Crippen LogP contribution >= 0.6 is 0 Å². The second-order valence-electron chi connectivity index (χ2n) is 5.46. The van der Waals surface area contributed by atoms with E-state index in [0.29, 0.717) is 11.6 Å². The van der Waals surface area contributed by atoms with Gasteiger partial charge >= 0.3 is 0 Å². The summed E-state index contributed by atoms with van der Waals surface area (Å²) >= 11 is 0.